The highest BCUT2D eigenvalue weighted by molar-refractivity contribution is 5.96. The summed E-state index contributed by atoms with van der Waals surface area (Å²) in [6.07, 6.45) is 9.25. The summed E-state index contributed by atoms with van der Waals surface area (Å²) in [4.78, 5) is 11.3. The van der Waals surface area contributed by atoms with Crippen molar-refractivity contribution in [1.82, 2.24) is 9.78 Å². The third kappa shape index (κ3) is 2.05. The molecule has 1 saturated carbocycles. The van der Waals surface area contributed by atoms with E-state index in [0.717, 1.165) is 18.4 Å². The van der Waals surface area contributed by atoms with Gasteiger partial charge >= 0.3 is 0 Å². The Hall–Kier alpha value is -1.38. The largest absolute Gasteiger partial charge is 0.295 e. The molecular formula is C10H12N2O. The van der Waals surface area contributed by atoms with E-state index < -0.39 is 0 Å². The van der Waals surface area contributed by atoms with Crippen LogP contribution in [0.5, 0.6) is 0 Å². The second-order valence-electron chi connectivity index (χ2n) is 3.46. The fourth-order valence-electron chi connectivity index (χ4n) is 1.21. The van der Waals surface area contributed by atoms with Gasteiger partial charge in [-0.25, -0.2) is 0 Å². The van der Waals surface area contributed by atoms with E-state index in [1.54, 1.807) is 17.0 Å². The van der Waals surface area contributed by atoms with Crippen LogP contribution >= 0.6 is 0 Å². The maximum atomic E-state index is 11.3. The minimum atomic E-state index is 0.254. The molecule has 1 aliphatic carbocycles. The van der Waals surface area contributed by atoms with Crippen molar-refractivity contribution in [3.63, 3.8) is 0 Å². The molecule has 0 atom stereocenters. The number of hydrogen-bond donors (Lipinski definition) is 0. The van der Waals surface area contributed by atoms with E-state index >= 15 is 0 Å². The van der Waals surface area contributed by atoms with Crippen LogP contribution < -0.4 is 0 Å². The van der Waals surface area contributed by atoms with E-state index in [2.05, 4.69) is 5.10 Å². The Kier molecular flexibility index (Phi) is 2.00. The molecule has 0 amide bonds. The van der Waals surface area contributed by atoms with Crippen molar-refractivity contribution >= 4 is 11.9 Å². The molecule has 1 fully saturated rings. The van der Waals surface area contributed by atoms with E-state index in [-0.39, 0.29) is 5.78 Å². The number of carbonyl (C=O) groups excluding carboxylic acids is 1. The maximum Gasteiger partial charge on any atom is 0.158 e. The average molecular weight is 176 g/mol. The molecule has 1 aromatic rings. The quantitative estimate of drug-likeness (QED) is 0.653. The van der Waals surface area contributed by atoms with Gasteiger partial charge in [-0.05, 0) is 25.0 Å². The van der Waals surface area contributed by atoms with Gasteiger partial charge in [-0.3, -0.25) is 9.48 Å². The lowest BCUT2D eigenvalue weighted by Gasteiger charge is -1.85. The van der Waals surface area contributed by atoms with Gasteiger partial charge in [0.15, 0.2) is 5.78 Å². The van der Waals surface area contributed by atoms with Gasteiger partial charge in [0.05, 0.1) is 6.20 Å². The molecule has 0 saturated heterocycles. The lowest BCUT2D eigenvalue weighted by molar-refractivity contribution is -0.115. The van der Waals surface area contributed by atoms with Crippen LogP contribution in [0, 0.1) is 5.92 Å². The van der Waals surface area contributed by atoms with E-state index in [9.17, 15) is 4.79 Å². The van der Waals surface area contributed by atoms with Crippen molar-refractivity contribution in [3.05, 3.63) is 24.0 Å². The van der Waals surface area contributed by atoms with Gasteiger partial charge in [-0.2, -0.15) is 5.10 Å². The van der Waals surface area contributed by atoms with Crippen molar-refractivity contribution < 1.29 is 4.79 Å². The Balaban J connectivity index is 2.00. The molecule has 2 rings (SSSR count). The third-order valence-electron chi connectivity index (χ3n) is 2.14. The van der Waals surface area contributed by atoms with Crippen molar-refractivity contribution in [3.8, 4) is 0 Å². The van der Waals surface area contributed by atoms with Crippen LogP contribution in [0.15, 0.2) is 18.5 Å². The van der Waals surface area contributed by atoms with Gasteiger partial charge in [-0.1, -0.05) is 0 Å². The summed E-state index contributed by atoms with van der Waals surface area (Å²) in [6, 6.07) is 0. The number of rotatable bonds is 3. The van der Waals surface area contributed by atoms with Crippen molar-refractivity contribution in [1.29, 1.82) is 0 Å². The van der Waals surface area contributed by atoms with E-state index in [0.29, 0.717) is 5.92 Å². The SMILES string of the molecule is Cn1cc(/C=C/C(=O)C2CC2)cn1. The van der Waals surface area contributed by atoms with Crippen LogP contribution in [0.25, 0.3) is 6.08 Å². The summed E-state index contributed by atoms with van der Waals surface area (Å²) in [7, 11) is 1.86. The smallest absolute Gasteiger partial charge is 0.158 e. The monoisotopic (exact) mass is 176 g/mol. The summed E-state index contributed by atoms with van der Waals surface area (Å²) < 4.78 is 1.72. The van der Waals surface area contributed by atoms with Crippen molar-refractivity contribution in [2.45, 2.75) is 12.8 Å². The third-order valence-corrected chi connectivity index (χ3v) is 2.14. The Bertz CT molecular complexity index is 348. The van der Waals surface area contributed by atoms with Crippen LogP contribution in [0.3, 0.4) is 0 Å². The average Bonchev–Trinajstić information content (AvgIpc) is 2.87. The molecule has 0 aromatic carbocycles. The summed E-state index contributed by atoms with van der Waals surface area (Å²) in [5.74, 6) is 0.566. The van der Waals surface area contributed by atoms with E-state index in [1.807, 2.05) is 19.3 Å². The van der Waals surface area contributed by atoms with Gasteiger partial charge in [0.1, 0.15) is 0 Å². The van der Waals surface area contributed by atoms with Gasteiger partial charge in [0.25, 0.3) is 0 Å². The standard InChI is InChI=1S/C10H12N2O/c1-12-7-8(6-11-12)2-5-10(13)9-3-4-9/h2,5-7,9H,3-4H2,1H3/b5-2+. The molecule has 3 nitrogen and oxygen atoms in total. The molecule has 1 aromatic heterocycles. The summed E-state index contributed by atoms with van der Waals surface area (Å²) >= 11 is 0. The van der Waals surface area contributed by atoms with Crippen LogP contribution in [0.1, 0.15) is 18.4 Å². The molecule has 1 aliphatic rings. The summed E-state index contributed by atoms with van der Waals surface area (Å²) in [6.45, 7) is 0. The highest BCUT2D eigenvalue weighted by Crippen LogP contribution is 2.30. The van der Waals surface area contributed by atoms with Crippen LogP contribution in [-0.4, -0.2) is 15.6 Å². The Labute approximate surface area is 77.1 Å². The summed E-state index contributed by atoms with van der Waals surface area (Å²) in [5.41, 5.74) is 0.983. The lowest BCUT2D eigenvalue weighted by atomic mass is 10.2. The van der Waals surface area contributed by atoms with Crippen LogP contribution in [0.2, 0.25) is 0 Å². The fourth-order valence-corrected chi connectivity index (χ4v) is 1.21. The van der Waals surface area contributed by atoms with E-state index in [4.69, 9.17) is 0 Å². The first kappa shape index (κ1) is 8.23. The molecule has 0 N–H and O–H groups in total. The zero-order valence-electron chi connectivity index (χ0n) is 7.60. The Morgan fingerprint density at radius 3 is 3.00 bits per heavy atom. The molecule has 0 bridgehead atoms. The minimum absolute atomic E-state index is 0.254. The maximum absolute atomic E-state index is 11.3. The fraction of sp³-hybridized carbons (Fsp3) is 0.400. The second kappa shape index (κ2) is 3.17. The topological polar surface area (TPSA) is 34.9 Å². The van der Waals surface area contributed by atoms with Crippen LogP contribution in [0.4, 0.5) is 0 Å². The molecule has 3 heteroatoms. The molecule has 68 valence electrons. The summed E-state index contributed by atoms with van der Waals surface area (Å²) in [5, 5.41) is 4.01. The number of hydrogen-bond acceptors (Lipinski definition) is 2. The second-order valence-corrected chi connectivity index (χ2v) is 3.46. The van der Waals surface area contributed by atoms with Gasteiger partial charge < -0.3 is 0 Å². The number of nitrogens with zero attached hydrogens (tertiary/aromatic N) is 2. The molecule has 0 radical (unpaired) electrons. The predicted molar refractivity (Wildman–Crippen MR) is 50.0 cm³/mol. The van der Waals surface area contributed by atoms with Crippen LogP contribution in [-0.2, 0) is 11.8 Å². The highest BCUT2D eigenvalue weighted by Gasteiger charge is 2.27. The predicted octanol–water partition coefficient (Wildman–Crippen LogP) is 1.41. The number of ketones is 1. The van der Waals surface area contributed by atoms with Crippen molar-refractivity contribution in [2.75, 3.05) is 0 Å². The number of allylic oxidation sites excluding steroid dienone is 1. The minimum Gasteiger partial charge on any atom is -0.295 e. The first-order valence-corrected chi connectivity index (χ1v) is 4.46. The molecule has 0 aliphatic heterocycles. The van der Waals surface area contributed by atoms with Crippen molar-refractivity contribution in [2.24, 2.45) is 13.0 Å². The molecule has 0 spiro atoms. The van der Waals surface area contributed by atoms with Gasteiger partial charge in [0, 0.05) is 24.7 Å². The first-order chi connectivity index (χ1) is 6.25. The van der Waals surface area contributed by atoms with Gasteiger partial charge in [0.2, 0.25) is 0 Å². The molecular weight excluding hydrogens is 164 g/mol. The normalized spacial score (nSPS) is 16.7. The highest BCUT2D eigenvalue weighted by atomic mass is 16.1. The molecule has 0 unspecified atom stereocenters. The van der Waals surface area contributed by atoms with E-state index in [1.165, 1.54) is 0 Å². The number of carbonyl (C=O) groups is 1. The zero-order chi connectivity index (χ0) is 9.26. The molecule has 1 heterocycles. The molecule has 13 heavy (non-hydrogen) atoms. The number of aromatic nitrogens is 2. The number of aryl methyl sites for hydroxylation is 1. The Morgan fingerprint density at radius 2 is 2.46 bits per heavy atom. The first-order valence-electron chi connectivity index (χ1n) is 4.46. The Morgan fingerprint density at radius 1 is 1.69 bits per heavy atom. The lowest BCUT2D eigenvalue weighted by Crippen LogP contribution is -1.92. The van der Waals surface area contributed by atoms with Gasteiger partial charge in [-0.15, -0.1) is 0 Å². The zero-order valence-corrected chi connectivity index (χ0v) is 7.60.